The third-order valence-corrected chi connectivity index (χ3v) is 3.58. The molecule has 0 radical (unpaired) electrons. The van der Waals surface area contributed by atoms with Crippen LogP contribution in [0.3, 0.4) is 0 Å². The fraction of sp³-hybridized carbons (Fsp3) is 0.316. The normalized spacial score (nSPS) is 10.5. The van der Waals surface area contributed by atoms with E-state index in [4.69, 9.17) is 0 Å². The average molecular weight is 296 g/mol. The molecule has 0 atom stereocenters. The van der Waals surface area contributed by atoms with Crippen LogP contribution in [0, 0.1) is 6.92 Å². The Kier molecular flexibility index (Phi) is 6.16. The maximum atomic E-state index is 12.2. The number of para-hydroxylation sites is 1. The lowest BCUT2D eigenvalue weighted by Gasteiger charge is -2.11. The molecular weight excluding hydrogens is 272 g/mol. The minimum absolute atomic E-state index is 0.0606. The van der Waals surface area contributed by atoms with Crippen molar-refractivity contribution in [2.45, 2.75) is 33.2 Å². The summed E-state index contributed by atoms with van der Waals surface area (Å²) >= 11 is 0. The molecule has 0 saturated heterocycles. The third kappa shape index (κ3) is 5.01. The second kappa shape index (κ2) is 8.35. The zero-order valence-electron chi connectivity index (χ0n) is 13.4. The Labute approximate surface area is 132 Å². The molecule has 0 aliphatic carbocycles. The molecule has 0 bridgehead atoms. The van der Waals surface area contributed by atoms with E-state index < -0.39 is 0 Å². The molecule has 0 aromatic heterocycles. The van der Waals surface area contributed by atoms with Gasteiger partial charge in [-0.15, -0.1) is 0 Å². The minimum atomic E-state index is 0.0606. The molecule has 2 N–H and O–H groups in total. The monoisotopic (exact) mass is 296 g/mol. The number of carbonyl (C=O) groups excluding carboxylic acids is 1. The standard InChI is InChI=1S/C19H24N2O/c1-3-20-14-17-9-4-5-10-18(17)21-19(22)12-11-16-8-6-7-15(2)13-16/h4-10,13,20H,3,11-12,14H2,1-2H3,(H,21,22). The van der Waals surface area contributed by atoms with Gasteiger partial charge in [0.25, 0.3) is 0 Å². The molecule has 2 rings (SSSR count). The molecule has 0 unspecified atom stereocenters. The van der Waals surface area contributed by atoms with Gasteiger partial charge in [-0.1, -0.05) is 55.0 Å². The van der Waals surface area contributed by atoms with E-state index in [1.165, 1.54) is 11.1 Å². The predicted octanol–water partition coefficient (Wildman–Crippen LogP) is 3.68. The molecule has 0 heterocycles. The van der Waals surface area contributed by atoms with E-state index in [0.717, 1.165) is 30.8 Å². The smallest absolute Gasteiger partial charge is 0.224 e. The molecule has 3 heteroatoms. The molecular formula is C19H24N2O. The Morgan fingerprint density at radius 3 is 2.68 bits per heavy atom. The highest BCUT2D eigenvalue weighted by Crippen LogP contribution is 2.15. The Bertz CT molecular complexity index is 622. The van der Waals surface area contributed by atoms with Gasteiger partial charge in [0.15, 0.2) is 0 Å². The van der Waals surface area contributed by atoms with Crippen molar-refractivity contribution in [3.8, 4) is 0 Å². The highest BCUT2D eigenvalue weighted by Gasteiger charge is 2.06. The van der Waals surface area contributed by atoms with Crippen LogP contribution >= 0.6 is 0 Å². The number of carbonyl (C=O) groups is 1. The number of amides is 1. The lowest BCUT2D eigenvalue weighted by molar-refractivity contribution is -0.116. The molecule has 3 nitrogen and oxygen atoms in total. The largest absolute Gasteiger partial charge is 0.326 e. The summed E-state index contributed by atoms with van der Waals surface area (Å²) in [4.78, 5) is 12.2. The summed E-state index contributed by atoms with van der Waals surface area (Å²) in [7, 11) is 0. The van der Waals surface area contributed by atoms with Crippen LogP contribution in [-0.2, 0) is 17.8 Å². The van der Waals surface area contributed by atoms with Crippen LogP contribution in [0.25, 0.3) is 0 Å². The van der Waals surface area contributed by atoms with Crippen LogP contribution in [0.4, 0.5) is 5.69 Å². The first-order chi connectivity index (χ1) is 10.7. The number of anilines is 1. The predicted molar refractivity (Wildman–Crippen MR) is 92.0 cm³/mol. The first kappa shape index (κ1) is 16.2. The van der Waals surface area contributed by atoms with E-state index >= 15 is 0 Å². The molecule has 2 aromatic rings. The molecule has 0 aliphatic heterocycles. The SMILES string of the molecule is CCNCc1ccccc1NC(=O)CCc1cccc(C)c1. The summed E-state index contributed by atoms with van der Waals surface area (Å²) in [5.41, 5.74) is 4.45. The van der Waals surface area contributed by atoms with Crippen LogP contribution in [-0.4, -0.2) is 12.5 Å². The number of aryl methyl sites for hydroxylation is 2. The van der Waals surface area contributed by atoms with Crippen LogP contribution in [0.2, 0.25) is 0 Å². The van der Waals surface area contributed by atoms with Gasteiger partial charge in [0.2, 0.25) is 5.91 Å². The van der Waals surface area contributed by atoms with Gasteiger partial charge in [-0.2, -0.15) is 0 Å². The summed E-state index contributed by atoms with van der Waals surface area (Å²) in [5, 5.41) is 6.32. The lowest BCUT2D eigenvalue weighted by atomic mass is 10.1. The van der Waals surface area contributed by atoms with Crippen molar-refractivity contribution in [1.82, 2.24) is 5.32 Å². The number of benzene rings is 2. The maximum absolute atomic E-state index is 12.2. The molecule has 1 amide bonds. The summed E-state index contributed by atoms with van der Waals surface area (Å²) < 4.78 is 0. The van der Waals surface area contributed by atoms with Crippen molar-refractivity contribution in [2.75, 3.05) is 11.9 Å². The highest BCUT2D eigenvalue weighted by molar-refractivity contribution is 5.91. The van der Waals surface area contributed by atoms with Gasteiger partial charge in [-0.25, -0.2) is 0 Å². The first-order valence-corrected chi connectivity index (χ1v) is 7.83. The van der Waals surface area contributed by atoms with Gasteiger partial charge < -0.3 is 10.6 Å². The van der Waals surface area contributed by atoms with Gasteiger partial charge >= 0.3 is 0 Å². The Morgan fingerprint density at radius 1 is 1.09 bits per heavy atom. The quantitative estimate of drug-likeness (QED) is 0.818. The summed E-state index contributed by atoms with van der Waals surface area (Å²) in [6.07, 6.45) is 1.27. The Morgan fingerprint density at radius 2 is 1.91 bits per heavy atom. The van der Waals surface area contributed by atoms with Crippen molar-refractivity contribution in [3.05, 3.63) is 65.2 Å². The van der Waals surface area contributed by atoms with Crippen molar-refractivity contribution in [3.63, 3.8) is 0 Å². The second-order valence-corrected chi connectivity index (χ2v) is 5.47. The number of rotatable bonds is 7. The molecule has 2 aromatic carbocycles. The van der Waals surface area contributed by atoms with E-state index in [2.05, 4.69) is 42.7 Å². The molecule has 0 aliphatic rings. The number of hydrogen-bond donors (Lipinski definition) is 2. The van der Waals surface area contributed by atoms with Crippen LogP contribution in [0.15, 0.2) is 48.5 Å². The third-order valence-electron chi connectivity index (χ3n) is 3.58. The van der Waals surface area contributed by atoms with Crippen molar-refractivity contribution in [1.29, 1.82) is 0 Å². The van der Waals surface area contributed by atoms with Gasteiger partial charge in [-0.3, -0.25) is 4.79 Å². The van der Waals surface area contributed by atoms with Crippen molar-refractivity contribution in [2.24, 2.45) is 0 Å². The van der Waals surface area contributed by atoms with Gasteiger partial charge in [0.1, 0.15) is 0 Å². The van der Waals surface area contributed by atoms with E-state index in [-0.39, 0.29) is 5.91 Å². The zero-order chi connectivity index (χ0) is 15.8. The molecule has 0 spiro atoms. The molecule has 116 valence electrons. The van der Waals surface area contributed by atoms with E-state index in [1.54, 1.807) is 0 Å². The lowest BCUT2D eigenvalue weighted by Crippen LogP contribution is -2.17. The maximum Gasteiger partial charge on any atom is 0.224 e. The van der Waals surface area contributed by atoms with Gasteiger partial charge in [0.05, 0.1) is 0 Å². The Balaban J connectivity index is 1.92. The Hall–Kier alpha value is -2.13. The summed E-state index contributed by atoms with van der Waals surface area (Å²) in [6, 6.07) is 16.2. The van der Waals surface area contributed by atoms with Gasteiger partial charge in [-0.05, 0) is 37.1 Å². The fourth-order valence-corrected chi connectivity index (χ4v) is 2.39. The number of hydrogen-bond acceptors (Lipinski definition) is 2. The number of nitrogens with one attached hydrogen (secondary N) is 2. The first-order valence-electron chi connectivity index (χ1n) is 7.83. The summed E-state index contributed by atoms with van der Waals surface area (Å²) in [6.45, 7) is 5.82. The van der Waals surface area contributed by atoms with E-state index in [0.29, 0.717) is 6.42 Å². The van der Waals surface area contributed by atoms with Crippen LogP contribution in [0.1, 0.15) is 30.0 Å². The van der Waals surface area contributed by atoms with Gasteiger partial charge in [0, 0.05) is 18.7 Å². The van der Waals surface area contributed by atoms with Crippen molar-refractivity contribution >= 4 is 11.6 Å². The van der Waals surface area contributed by atoms with Crippen LogP contribution in [0.5, 0.6) is 0 Å². The summed E-state index contributed by atoms with van der Waals surface area (Å²) in [5.74, 6) is 0.0606. The molecule has 0 saturated carbocycles. The van der Waals surface area contributed by atoms with E-state index in [1.807, 2.05) is 30.3 Å². The average Bonchev–Trinajstić information content (AvgIpc) is 2.52. The fourth-order valence-electron chi connectivity index (χ4n) is 2.39. The minimum Gasteiger partial charge on any atom is -0.326 e. The molecule has 0 fully saturated rings. The van der Waals surface area contributed by atoms with E-state index in [9.17, 15) is 4.79 Å². The molecule has 22 heavy (non-hydrogen) atoms. The van der Waals surface area contributed by atoms with Crippen LogP contribution < -0.4 is 10.6 Å². The topological polar surface area (TPSA) is 41.1 Å². The second-order valence-electron chi connectivity index (χ2n) is 5.47. The van der Waals surface area contributed by atoms with Crippen molar-refractivity contribution < 1.29 is 4.79 Å². The highest BCUT2D eigenvalue weighted by atomic mass is 16.1. The zero-order valence-corrected chi connectivity index (χ0v) is 13.4.